The minimum absolute atomic E-state index is 0.0190. The zero-order valence-electron chi connectivity index (χ0n) is 16.7. The van der Waals surface area contributed by atoms with Crippen LogP contribution in [0, 0.1) is 0 Å². The number of anilines is 2. The Morgan fingerprint density at radius 2 is 1.06 bits per heavy atom. The van der Waals surface area contributed by atoms with Crippen LogP contribution < -0.4 is 9.80 Å². The molecule has 2 aliphatic rings. The Balaban J connectivity index is 1.59. The number of carbonyl (C=O) groups excluding carboxylic acids is 2. The van der Waals surface area contributed by atoms with Gasteiger partial charge in [0.15, 0.2) is 0 Å². The van der Waals surface area contributed by atoms with E-state index in [4.69, 9.17) is 9.47 Å². The Kier molecular flexibility index (Phi) is 5.89. The molecule has 2 saturated heterocycles. The summed E-state index contributed by atoms with van der Waals surface area (Å²) in [4.78, 5) is 48.1. The van der Waals surface area contributed by atoms with Crippen LogP contribution in [0.15, 0.2) is 48.5 Å². The molecule has 0 unspecified atom stereocenters. The van der Waals surface area contributed by atoms with Crippen molar-refractivity contribution in [2.75, 3.05) is 23.0 Å². The fourth-order valence-corrected chi connectivity index (χ4v) is 4.22. The van der Waals surface area contributed by atoms with Gasteiger partial charge < -0.3 is 19.7 Å². The largest absolute Gasteiger partial charge is 0.465 e. The predicted octanol–water partition coefficient (Wildman–Crippen LogP) is 2.52. The molecule has 0 radical (unpaired) electrons. The number of aldehydes is 2. The van der Waals surface area contributed by atoms with Gasteiger partial charge in [0, 0.05) is 22.5 Å². The van der Waals surface area contributed by atoms with Crippen molar-refractivity contribution in [2.45, 2.75) is 24.3 Å². The van der Waals surface area contributed by atoms with E-state index in [0.29, 0.717) is 35.1 Å². The van der Waals surface area contributed by atoms with E-state index >= 15 is 0 Å². The maximum Gasteiger partial charge on any atom is 0.412 e. The first kappa shape index (κ1) is 21.5. The number of carbonyl (C=O) groups is 4. The van der Waals surface area contributed by atoms with E-state index in [9.17, 15) is 29.4 Å². The van der Waals surface area contributed by atoms with Crippen molar-refractivity contribution >= 4 is 36.1 Å². The van der Waals surface area contributed by atoms with Crippen LogP contribution in [0.2, 0.25) is 0 Å². The van der Waals surface area contributed by atoms with Crippen molar-refractivity contribution in [3.05, 3.63) is 59.7 Å². The van der Waals surface area contributed by atoms with Gasteiger partial charge in [-0.05, 0) is 48.5 Å². The second-order valence-corrected chi connectivity index (χ2v) is 7.45. The summed E-state index contributed by atoms with van der Waals surface area (Å²) in [5.74, 6) is 0. The van der Waals surface area contributed by atoms with Crippen molar-refractivity contribution < 1.29 is 38.9 Å². The lowest BCUT2D eigenvalue weighted by Gasteiger charge is -2.29. The molecule has 0 saturated carbocycles. The summed E-state index contributed by atoms with van der Waals surface area (Å²) in [5, 5.41) is 19.7. The van der Waals surface area contributed by atoms with Crippen molar-refractivity contribution in [1.82, 2.24) is 0 Å². The van der Waals surface area contributed by atoms with Crippen LogP contribution >= 0.6 is 0 Å². The molecule has 2 fully saturated rings. The Morgan fingerprint density at radius 1 is 0.719 bits per heavy atom. The second-order valence-electron chi connectivity index (χ2n) is 7.45. The van der Waals surface area contributed by atoms with Gasteiger partial charge in [-0.25, -0.2) is 9.59 Å². The molecule has 166 valence electrons. The molecule has 10 heteroatoms. The Bertz CT molecular complexity index is 940. The summed E-state index contributed by atoms with van der Waals surface area (Å²) >= 11 is 0. The molecule has 4 rings (SSSR count). The SMILES string of the molecule is O=Cc1ccc(N(C(=O)O)[C@@H]2CO[C@H]3[C@@H]2OC[C@@H]3N(C(=O)O)c2ccc(C=O)cc2)cc1. The molecule has 32 heavy (non-hydrogen) atoms. The number of nitrogens with zero attached hydrogens (tertiary/aromatic N) is 2. The van der Waals surface area contributed by atoms with Crippen LogP contribution in [0.25, 0.3) is 0 Å². The van der Waals surface area contributed by atoms with E-state index in [2.05, 4.69) is 0 Å². The first-order valence-electron chi connectivity index (χ1n) is 9.82. The fraction of sp³-hybridized carbons (Fsp3) is 0.273. The quantitative estimate of drug-likeness (QED) is 0.655. The van der Waals surface area contributed by atoms with E-state index in [1.165, 1.54) is 48.5 Å². The average Bonchev–Trinajstić information content (AvgIpc) is 3.38. The van der Waals surface area contributed by atoms with Crippen molar-refractivity contribution in [1.29, 1.82) is 0 Å². The van der Waals surface area contributed by atoms with Crippen LogP contribution in [-0.4, -0.2) is 72.5 Å². The first-order valence-corrected chi connectivity index (χ1v) is 9.82. The van der Waals surface area contributed by atoms with Gasteiger partial charge in [0.25, 0.3) is 0 Å². The highest BCUT2D eigenvalue weighted by molar-refractivity contribution is 5.89. The monoisotopic (exact) mass is 440 g/mol. The van der Waals surface area contributed by atoms with Gasteiger partial charge in [-0.15, -0.1) is 0 Å². The third-order valence-corrected chi connectivity index (χ3v) is 5.69. The molecular weight excluding hydrogens is 420 g/mol. The summed E-state index contributed by atoms with van der Waals surface area (Å²) in [6, 6.07) is 10.8. The summed E-state index contributed by atoms with van der Waals surface area (Å²) in [6.45, 7) is 0.0379. The number of amides is 2. The van der Waals surface area contributed by atoms with E-state index in [-0.39, 0.29) is 13.2 Å². The van der Waals surface area contributed by atoms with Crippen LogP contribution in [0.5, 0.6) is 0 Å². The lowest BCUT2D eigenvalue weighted by molar-refractivity contribution is 0.0681. The summed E-state index contributed by atoms with van der Waals surface area (Å²) in [6.07, 6.45) is -2.47. The van der Waals surface area contributed by atoms with Gasteiger partial charge in [-0.2, -0.15) is 0 Å². The lowest BCUT2D eigenvalue weighted by Crippen LogP contribution is -2.50. The van der Waals surface area contributed by atoms with Gasteiger partial charge in [0.05, 0.1) is 25.3 Å². The Hall–Kier alpha value is -3.76. The van der Waals surface area contributed by atoms with E-state index in [0.717, 1.165) is 9.80 Å². The molecule has 0 spiro atoms. The topological polar surface area (TPSA) is 134 Å². The standard InChI is InChI=1S/C22H20N2O8/c25-9-13-1-5-15(6-2-13)23(21(27)28)17-11-31-20-18(12-32-19(17)20)24(22(29)30)16-7-3-14(10-26)4-8-16/h1-10,17-20H,11-12H2,(H,27,28)(H,29,30)/t17-,18+,19-,20-/m1/s1. The Labute approximate surface area is 182 Å². The predicted molar refractivity (Wildman–Crippen MR) is 112 cm³/mol. The zero-order chi connectivity index (χ0) is 22.8. The summed E-state index contributed by atoms with van der Waals surface area (Å²) in [7, 11) is 0. The minimum Gasteiger partial charge on any atom is -0.465 e. The van der Waals surface area contributed by atoms with Gasteiger partial charge in [0.2, 0.25) is 0 Å². The number of hydrogen-bond donors (Lipinski definition) is 2. The number of ether oxygens (including phenoxy) is 2. The third-order valence-electron chi connectivity index (χ3n) is 5.69. The maximum absolute atomic E-state index is 12.0. The third kappa shape index (κ3) is 3.81. The van der Waals surface area contributed by atoms with Crippen molar-refractivity contribution in [3.8, 4) is 0 Å². The molecule has 2 aliphatic heterocycles. The second kappa shape index (κ2) is 8.77. The van der Waals surface area contributed by atoms with E-state index < -0.39 is 36.5 Å². The molecule has 2 N–H and O–H groups in total. The number of hydrogen-bond acceptors (Lipinski definition) is 6. The van der Waals surface area contributed by atoms with Crippen molar-refractivity contribution in [2.24, 2.45) is 0 Å². The average molecular weight is 440 g/mol. The summed E-state index contributed by atoms with van der Waals surface area (Å²) in [5.41, 5.74) is 1.52. The van der Waals surface area contributed by atoms with Crippen LogP contribution in [0.1, 0.15) is 20.7 Å². The number of fused-ring (bicyclic) bond motifs is 1. The first-order chi connectivity index (χ1) is 15.4. The van der Waals surface area contributed by atoms with Crippen LogP contribution in [-0.2, 0) is 9.47 Å². The number of benzene rings is 2. The Morgan fingerprint density at radius 3 is 1.34 bits per heavy atom. The van der Waals surface area contributed by atoms with E-state index in [1.54, 1.807) is 0 Å². The number of carboxylic acid groups (broad SMARTS) is 2. The van der Waals surface area contributed by atoms with Crippen LogP contribution in [0.3, 0.4) is 0 Å². The number of rotatable bonds is 6. The van der Waals surface area contributed by atoms with E-state index in [1.807, 2.05) is 0 Å². The molecule has 2 heterocycles. The molecule has 10 nitrogen and oxygen atoms in total. The highest BCUT2D eigenvalue weighted by atomic mass is 16.6. The molecule has 0 aliphatic carbocycles. The fourth-order valence-electron chi connectivity index (χ4n) is 4.22. The van der Waals surface area contributed by atoms with Crippen molar-refractivity contribution in [3.63, 3.8) is 0 Å². The highest BCUT2D eigenvalue weighted by Gasteiger charge is 2.53. The molecular formula is C22H20N2O8. The molecule has 0 aromatic heterocycles. The molecule has 2 amide bonds. The lowest BCUT2D eigenvalue weighted by atomic mass is 10.0. The maximum atomic E-state index is 12.0. The zero-order valence-corrected chi connectivity index (χ0v) is 16.7. The van der Waals surface area contributed by atoms with Gasteiger partial charge in [-0.3, -0.25) is 19.4 Å². The van der Waals surface area contributed by atoms with Gasteiger partial charge in [0.1, 0.15) is 24.8 Å². The van der Waals surface area contributed by atoms with Crippen LogP contribution in [0.4, 0.5) is 21.0 Å². The molecule has 4 atom stereocenters. The molecule has 2 aromatic carbocycles. The normalized spacial score (nSPS) is 23.9. The smallest absolute Gasteiger partial charge is 0.412 e. The van der Waals surface area contributed by atoms with Gasteiger partial charge in [-0.1, -0.05) is 0 Å². The summed E-state index contributed by atoms with van der Waals surface area (Å²) < 4.78 is 11.7. The molecule has 2 aromatic rings. The highest BCUT2D eigenvalue weighted by Crippen LogP contribution is 2.36. The molecule has 0 bridgehead atoms. The minimum atomic E-state index is -1.22. The van der Waals surface area contributed by atoms with Gasteiger partial charge >= 0.3 is 12.2 Å².